The number of unbranched alkanes of at least 4 members (excludes halogenated alkanes) is 1. The minimum atomic E-state index is -2.85. The molecular formula is C18H21F2N3O2. The first-order valence-electron chi connectivity index (χ1n) is 8.09. The summed E-state index contributed by atoms with van der Waals surface area (Å²) >= 11 is 0. The number of nitrogens with zero attached hydrogens (tertiary/aromatic N) is 1. The average molecular weight is 349 g/mol. The van der Waals surface area contributed by atoms with E-state index in [2.05, 4.69) is 20.4 Å². The first-order chi connectivity index (χ1) is 12.1. The van der Waals surface area contributed by atoms with Crippen molar-refractivity contribution in [1.82, 2.24) is 10.3 Å². The normalized spacial score (nSPS) is 10.5. The molecule has 0 fully saturated rings. The Morgan fingerprint density at radius 1 is 1.08 bits per heavy atom. The summed E-state index contributed by atoms with van der Waals surface area (Å²) in [6.45, 7) is -1.46. The number of amides is 1. The van der Waals surface area contributed by atoms with E-state index >= 15 is 0 Å². The molecule has 1 amide bonds. The molecule has 134 valence electrons. The number of alkyl halides is 2. The number of benzene rings is 1. The Kier molecular flexibility index (Phi) is 7.62. The van der Waals surface area contributed by atoms with Crippen molar-refractivity contribution in [3.8, 4) is 5.75 Å². The molecule has 2 N–H and O–H groups in total. The third-order valence-electron chi connectivity index (χ3n) is 3.41. The van der Waals surface area contributed by atoms with Gasteiger partial charge in [0.1, 0.15) is 11.6 Å². The monoisotopic (exact) mass is 349 g/mol. The first kappa shape index (κ1) is 18.6. The van der Waals surface area contributed by atoms with Gasteiger partial charge in [-0.1, -0.05) is 18.2 Å². The number of aromatic nitrogens is 1. The van der Waals surface area contributed by atoms with Crippen LogP contribution in [0.25, 0.3) is 0 Å². The molecule has 0 atom stereocenters. The number of halogens is 2. The molecule has 25 heavy (non-hydrogen) atoms. The molecule has 0 saturated carbocycles. The molecular weight excluding hydrogens is 328 g/mol. The fourth-order valence-corrected chi connectivity index (χ4v) is 2.20. The SMILES string of the molecule is O=C(Cc1ccc(OC(F)F)cc1)NCCCCNc1ccccn1. The van der Waals surface area contributed by atoms with Gasteiger partial charge in [-0.25, -0.2) is 4.98 Å². The summed E-state index contributed by atoms with van der Waals surface area (Å²) in [6, 6.07) is 11.7. The summed E-state index contributed by atoms with van der Waals surface area (Å²) in [7, 11) is 0. The van der Waals surface area contributed by atoms with Crippen molar-refractivity contribution in [2.45, 2.75) is 25.9 Å². The lowest BCUT2D eigenvalue weighted by Gasteiger charge is -2.08. The van der Waals surface area contributed by atoms with Gasteiger partial charge >= 0.3 is 6.61 Å². The molecule has 1 aromatic heterocycles. The van der Waals surface area contributed by atoms with Crippen molar-refractivity contribution in [2.75, 3.05) is 18.4 Å². The fraction of sp³-hybridized carbons (Fsp3) is 0.333. The molecule has 0 bridgehead atoms. The highest BCUT2D eigenvalue weighted by Gasteiger charge is 2.06. The van der Waals surface area contributed by atoms with Crippen molar-refractivity contribution in [3.63, 3.8) is 0 Å². The Morgan fingerprint density at radius 3 is 2.52 bits per heavy atom. The third kappa shape index (κ3) is 7.60. The van der Waals surface area contributed by atoms with E-state index in [0.717, 1.165) is 30.8 Å². The summed E-state index contributed by atoms with van der Waals surface area (Å²) in [6.07, 6.45) is 3.71. The van der Waals surface area contributed by atoms with Crippen molar-refractivity contribution in [2.24, 2.45) is 0 Å². The molecule has 0 aliphatic rings. The van der Waals surface area contributed by atoms with Crippen LogP contribution in [-0.4, -0.2) is 30.6 Å². The Morgan fingerprint density at radius 2 is 1.84 bits per heavy atom. The summed E-state index contributed by atoms with van der Waals surface area (Å²) < 4.78 is 28.4. The summed E-state index contributed by atoms with van der Waals surface area (Å²) in [5.74, 6) is 0.825. The van der Waals surface area contributed by atoms with Gasteiger partial charge in [0, 0.05) is 19.3 Å². The molecule has 2 aromatic rings. The molecule has 7 heteroatoms. The molecule has 0 unspecified atom stereocenters. The maximum atomic E-state index is 12.1. The highest BCUT2D eigenvalue weighted by atomic mass is 19.3. The van der Waals surface area contributed by atoms with Crippen LogP contribution in [-0.2, 0) is 11.2 Å². The Bertz CT molecular complexity index is 637. The predicted molar refractivity (Wildman–Crippen MR) is 91.7 cm³/mol. The summed E-state index contributed by atoms with van der Waals surface area (Å²) in [5.41, 5.74) is 0.746. The van der Waals surface area contributed by atoms with Gasteiger partial charge in [0.2, 0.25) is 5.91 Å². The molecule has 0 aliphatic carbocycles. The third-order valence-corrected chi connectivity index (χ3v) is 3.41. The van der Waals surface area contributed by atoms with Gasteiger partial charge in [-0.2, -0.15) is 8.78 Å². The number of hydrogen-bond acceptors (Lipinski definition) is 4. The van der Waals surface area contributed by atoms with Crippen LogP contribution in [0.5, 0.6) is 5.75 Å². The number of carbonyl (C=O) groups excluding carboxylic acids is 1. The topological polar surface area (TPSA) is 63.2 Å². The molecule has 0 radical (unpaired) electrons. The average Bonchev–Trinajstić information content (AvgIpc) is 2.60. The number of ether oxygens (including phenoxy) is 1. The zero-order valence-electron chi connectivity index (χ0n) is 13.8. The van der Waals surface area contributed by atoms with Crippen LogP contribution in [0.15, 0.2) is 48.7 Å². The van der Waals surface area contributed by atoms with Crippen LogP contribution in [0, 0.1) is 0 Å². The van der Waals surface area contributed by atoms with E-state index in [1.165, 1.54) is 12.1 Å². The van der Waals surface area contributed by atoms with Gasteiger partial charge < -0.3 is 15.4 Å². The van der Waals surface area contributed by atoms with Crippen LogP contribution < -0.4 is 15.4 Å². The molecule has 0 aliphatic heterocycles. The molecule has 0 saturated heterocycles. The fourth-order valence-electron chi connectivity index (χ4n) is 2.20. The Hall–Kier alpha value is -2.70. The maximum Gasteiger partial charge on any atom is 0.387 e. The van der Waals surface area contributed by atoms with Crippen LogP contribution in [0.2, 0.25) is 0 Å². The van der Waals surface area contributed by atoms with Gasteiger partial charge in [-0.05, 0) is 42.7 Å². The number of pyridine rings is 1. The van der Waals surface area contributed by atoms with Gasteiger partial charge in [-0.15, -0.1) is 0 Å². The maximum absolute atomic E-state index is 12.1. The molecule has 1 heterocycles. The van der Waals surface area contributed by atoms with Crippen LogP contribution in [0.4, 0.5) is 14.6 Å². The van der Waals surface area contributed by atoms with E-state index in [1.54, 1.807) is 18.3 Å². The van der Waals surface area contributed by atoms with Crippen molar-refractivity contribution in [1.29, 1.82) is 0 Å². The lowest BCUT2D eigenvalue weighted by molar-refractivity contribution is -0.120. The van der Waals surface area contributed by atoms with E-state index < -0.39 is 6.61 Å². The quantitative estimate of drug-likeness (QED) is 0.647. The first-order valence-corrected chi connectivity index (χ1v) is 8.09. The van der Waals surface area contributed by atoms with Gasteiger partial charge in [0.15, 0.2) is 0 Å². The van der Waals surface area contributed by atoms with Gasteiger partial charge in [-0.3, -0.25) is 4.79 Å². The van der Waals surface area contributed by atoms with E-state index in [9.17, 15) is 13.6 Å². The lowest BCUT2D eigenvalue weighted by atomic mass is 10.1. The van der Waals surface area contributed by atoms with Gasteiger partial charge in [0.25, 0.3) is 0 Å². The predicted octanol–water partition coefficient (Wildman–Crippen LogP) is 3.23. The van der Waals surface area contributed by atoms with E-state index in [1.807, 2.05) is 18.2 Å². The van der Waals surface area contributed by atoms with Crippen molar-refractivity contribution >= 4 is 11.7 Å². The number of hydrogen-bond donors (Lipinski definition) is 2. The van der Waals surface area contributed by atoms with E-state index in [0.29, 0.717) is 6.54 Å². The second-order valence-corrected chi connectivity index (χ2v) is 5.40. The number of nitrogens with one attached hydrogen (secondary N) is 2. The summed E-state index contributed by atoms with van der Waals surface area (Å²) in [4.78, 5) is 16.0. The Labute approximate surface area is 145 Å². The second-order valence-electron chi connectivity index (χ2n) is 5.40. The van der Waals surface area contributed by atoms with Crippen LogP contribution in [0.1, 0.15) is 18.4 Å². The zero-order valence-corrected chi connectivity index (χ0v) is 13.8. The minimum Gasteiger partial charge on any atom is -0.435 e. The van der Waals surface area contributed by atoms with Crippen LogP contribution in [0.3, 0.4) is 0 Å². The standard InChI is InChI=1S/C18H21F2N3O2/c19-18(20)25-15-8-6-14(7-9-15)13-17(24)23-12-4-3-11-22-16-5-1-2-10-21-16/h1-2,5-10,18H,3-4,11-13H2,(H,21,22)(H,23,24). The smallest absolute Gasteiger partial charge is 0.387 e. The Balaban J connectivity index is 1.57. The van der Waals surface area contributed by atoms with Gasteiger partial charge in [0.05, 0.1) is 6.42 Å². The number of rotatable bonds is 10. The molecule has 2 rings (SSSR count). The zero-order chi connectivity index (χ0) is 17.9. The largest absolute Gasteiger partial charge is 0.435 e. The highest BCUT2D eigenvalue weighted by Crippen LogP contribution is 2.15. The van der Waals surface area contributed by atoms with E-state index in [4.69, 9.17) is 0 Å². The second kappa shape index (κ2) is 10.2. The molecule has 5 nitrogen and oxygen atoms in total. The molecule has 1 aromatic carbocycles. The lowest BCUT2D eigenvalue weighted by Crippen LogP contribution is -2.26. The number of anilines is 1. The minimum absolute atomic E-state index is 0.0829. The number of carbonyl (C=O) groups is 1. The highest BCUT2D eigenvalue weighted by molar-refractivity contribution is 5.78. The summed E-state index contributed by atoms with van der Waals surface area (Å²) in [5, 5.41) is 6.05. The van der Waals surface area contributed by atoms with Crippen molar-refractivity contribution < 1.29 is 18.3 Å². The molecule has 0 spiro atoms. The van der Waals surface area contributed by atoms with Crippen LogP contribution >= 0.6 is 0 Å². The van der Waals surface area contributed by atoms with Crippen molar-refractivity contribution in [3.05, 3.63) is 54.2 Å². The van der Waals surface area contributed by atoms with E-state index in [-0.39, 0.29) is 18.1 Å².